The lowest BCUT2D eigenvalue weighted by molar-refractivity contribution is 0.542. The molecule has 1 saturated carbocycles. The van der Waals surface area contributed by atoms with Crippen molar-refractivity contribution in [2.75, 3.05) is 5.21 Å². The fourth-order valence-corrected chi connectivity index (χ4v) is 2.02. The summed E-state index contributed by atoms with van der Waals surface area (Å²) in [6.07, 6.45) is 2.26. The number of hydrogen-bond donors (Lipinski definition) is 1. The third-order valence-corrected chi connectivity index (χ3v) is 3.72. The number of halogens is 1. The van der Waals surface area contributed by atoms with Crippen LogP contribution in [0.2, 0.25) is 0 Å². The van der Waals surface area contributed by atoms with Crippen molar-refractivity contribution >= 4 is 21.6 Å². The van der Waals surface area contributed by atoms with Crippen molar-refractivity contribution in [1.82, 2.24) is 4.72 Å². The maximum absolute atomic E-state index is 10.9. The van der Waals surface area contributed by atoms with Gasteiger partial charge in [-0.05, 0) is 25.7 Å². The Kier molecular flexibility index (Phi) is 2.78. The van der Waals surface area contributed by atoms with Crippen LogP contribution in [0.1, 0.15) is 19.8 Å². The SMILES string of the molecule is CC(NS(=O)(=O)CCl)C1CC1. The van der Waals surface area contributed by atoms with Crippen molar-refractivity contribution in [1.29, 1.82) is 0 Å². The van der Waals surface area contributed by atoms with Crippen LogP contribution < -0.4 is 4.72 Å². The average Bonchev–Trinajstić information content (AvgIpc) is 2.67. The Labute approximate surface area is 72.2 Å². The van der Waals surface area contributed by atoms with E-state index in [0.29, 0.717) is 5.92 Å². The van der Waals surface area contributed by atoms with Crippen LogP contribution in [-0.2, 0) is 10.0 Å². The van der Waals surface area contributed by atoms with Gasteiger partial charge in [0.2, 0.25) is 10.0 Å². The lowest BCUT2D eigenvalue weighted by atomic mass is 10.2. The molecule has 3 nitrogen and oxygen atoms in total. The zero-order chi connectivity index (χ0) is 8.48. The molecule has 1 N–H and O–H groups in total. The summed E-state index contributed by atoms with van der Waals surface area (Å²) in [5, 5.41) is -0.343. The molecule has 0 aromatic carbocycles. The zero-order valence-electron chi connectivity index (χ0n) is 6.38. The monoisotopic (exact) mass is 197 g/mol. The highest BCUT2D eigenvalue weighted by Gasteiger charge is 2.30. The summed E-state index contributed by atoms with van der Waals surface area (Å²) in [7, 11) is -3.21. The molecule has 0 radical (unpaired) electrons. The molecular weight excluding hydrogens is 186 g/mol. The first-order valence-electron chi connectivity index (χ1n) is 3.61. The molecule has 0 spiro atoms. The first kappa shape index (κ1) is 9.29. The highest BCUT2D eigenvalue weighted by molar-refractivity contribution is 7.90. The third kappa shape index (κ3) is 2.97. The highest BCUT2D eigenvalue weighted by Crippen LogP contribution is 2.32. The number of rotatable bonds is 4. The summed E-state index contributed by atoms with van der Waals surface area (Å²) in [6.45, 7) is 1.88. The lowest BCUT2D eigenvalue weighted by Gasteiger charge is -2.10. The molecule has 11 heavy (non-hydrogen) atoms. The predicted octanol–water partition coefficient (Wildman–Crippen LogP) is 0.901. The van der Waals surface area contributed by atoms with Gasteiger partial charge in [-0.25, -0.2) is 13.1 Å². The van der Waals surface area contributed by atoms with Crippen LogP contribution >= 0.6 is 11.6 Å². The van der Waals surface area contributed by atoms with Crippen molar-refractivity contribution in [3.63, 3.8) is 0 Å². The first-order valence-corrected chi connectivity index (χ1v) is 5.80. The third-order valence-electron chi connectivity index (χ3n) is 1.84. The minimum Gasteiger partial charge on any atom is -0.211 e. The molecule has 0 heterocycles. The Morgan fingerprint density at radius 2 is 2.18 bits per heavy atom. The van der Waals surface area contributed by atoms with E-state index < -0.39 is 10.0 Å². The summed E-state index contributed by atoms with van der Waals surface area (Å²) in [6, 6.07) is 0.0544. The van der Waals surface area contributed by atoms with Crippen LogP contribution in [0.15, 0.2) is 0 Å². The Balaban J connectivity index is 2.40. The second-order valence-corrected chi connectivity index (χ2v) is 5.31. The number of sulfonamides is 1. The predicted molar refractivity (Wildman–Crippen MR) is 45.0 cm³/mol. The molecule has 0 aromatic heterocycles. The Bertz CT molecular complexity index is 223. The first-order chi connectivity index (χ1) is 5.05. The van der Waals surface area contributed by atoms with Gasteiger partial charge in [0, 0.05) is 6.04 Å². The molecule has 1 unspecified atom stereocenters. The second kappa shape index (κ2) is 3.29. The van der Waals surface area contributed by atoms with Crippen molar-refractivity contribution in [3.05, 3.63) is 0 Å². The number of hydrogen-bond acceptors (Lipinski definition) is 2. The molecule has 0 bridgehead atoms. The summed E-state index contributed by atoms with van der Waals surface area (Å²) >= 11 is 5.21. The lowest BCUT2D eigenvalue weighted by Crippen LogP contribution is -2.34. The molecule has 0 saturated heterocycles. The van der Waals surface area contributed by atoms with Gasteiger partial charge in [-0.3, -0.25) is 0 Å². The van der Waals surface area contributed by atoms with Crippen molar-refractivity contribution in [3.8, 4) is 0 Å². The molecule has 0 aliphatic heterocycles. The Morgan fingerprint density at radius 3 is 2.55 bits per heavy atom. The van der Waals surface area contributed by atoms with Crippen molar-refractivity contribution < 1.29 is 8.42 Å². The standard InChI is InChI=1S/C6H12ClNO2S/c1-5(6-2-3-6)8-11(9,10)4-7/h5-6,8H,2-4H2,1H3. The van der Waals surface area contributed by atoms with E-state index in [1.54, 1.807) is 0 Å². The summed E-state index contributed by atoms with van der Waals surface area (Å²) in [5.41, 5.74) is 0. The van der Waals surface area contributed by atoms with E-state index in [4.69, 9.17) is 11.6 Å². The van der Waals surface area contributed by atoms with Crippen LogP contribution in [0.3, 0.4) is 0 Å². The molecule has 66 valence electrons. The quantitative estimate of drug-likeness (QED) is 0.681. The molecule has 5 heteroatoms. The van der Waals surface area contributed by atoms with E-state index in [1.807, 2.05) is 6.92 Å². The average molecular weight is 198 g/mol. The van der Waals surface area contributed by atoms with Crippen LogP contribution in [0.5, 0.6) is 0 Å². The molecule has 0 aromatic rings. The fourth-order valence-electron chi connectivity index (χ4n) is 1.01. The van der Waals surface area contributed by atoms with E-state index in [2.05, 4.69) is 4.72 Å². The summed E-state index contributed by atoms with van der Waals surface area (Å²) < 4.78 is 24.3. The van der Waals surface area contributed by atoms with Gasteiger partial charge in [-0.15, -0.1) is 11.6 Å². The maximum Gasteiger partial charge on any atom is 0.225 e. The topological polar surface area (TPSA) is 46.2 Å². The summed E-state index contributed by atoms with van der Waals surface area (Å²) in [5.74, 6) is 0.535. The molecule has 1 rings (SSSR count). The second-order valence-electron chi connectivity index (χ2n) is 2.97. The molecule has 1 atom stereocenters. The van der Waals surface area contributed by atoms with Crippen molar-refractivity contribution in [2.45, 2.75) is 25.8 Å². The van der Waals surface area contributed by atoms with E-state index in [1.165, 1.54) is 0 Å². The van der Waals surface area contributed by atoms with Crippen LogP contribution in [0.4, 0.5) is 0 Å². The van der Waals surface area contributed by atoms with Gasteiger partial charge in [-0.2, -0.15) is 0 Å². The summed E-state index contributed by atoms with van der Waals surface area (Å²) in [4.78, 5) is 0. The molecule has 0 amide bonds. The minimum absolute atomic E-state index is 0.0544. The normalized spacial score (nSPS) is 21.6. The van der Waals surface area contributed by atoms with E-state index in [-0.39, 0.29) is 11.3 Å². The Hall–Kier alpha value is 0.200. The van der Waals surface area contributed by atoms with Gasteiger partial charge in [0.25, 0.3) is 0 Å². The van der Waals surface area contributed by atoms with Gasteiger partial charge in [-0.1, -0.05) is 0 Å². The minimum atomic E-state index is -3.21. The number of alkyl halides is 1. The van der Waals surface area contributed by atoms with Gasteiger partial charge < -0.3 is 0 Å². The van der Waals surface area contributed by atoms with Gasteiger partial charge in [0.1, 0.15) is 5.21 Å². The van der Waals surface area contributed by atoms with Crippen LogP contribution in [0, 0.1) is 5.92 Å². The Morgan fingerprint density at radius 1 is 1.64 bits per heavy atom. The van der Waals surface area contributed by atoms with Gasteiger partial charge >= 0.3 is 0 Å². The smallest absolute Gasteiger partial charge is 0.211 e. The zero-order valence-corrected chi connectivity index (χ0v) is 7.95. The maximum atomic E-state index is 10.9. The largest absolute Gasteiger partial charge is 0.225 e. The van der Waals surface area contributed by atoms with E-state index in [9.17, 15) is 8.42 Å². The van der Waals surface area contributed by atoms with Gasteiger partial charge in [0.05, 0.1) is 0 Å². The van der Waals surface area contributed by atoms with Crippen LogP contribution in [0.25, 0.3) is 0 Å². The highest BCUT2D eigenvalue weighted by atomic mass is 35.5. The van der Waals surface area contributed by atoms with Gasteiger partial charge in [0.15, 0.2) is 0 Å². The van der Waals surface area contributed by atoms with E-state index in [0.717, 1.165) is 12.8 Å². The van der Waals surface area contributed by atoms with E-state index >= 15 is 0 Å². The molecule has 1 fully saturated rings. The van der Waals surface area contributed by atoms with Crippen molar-refractivity contribution in [2.24, 2.45) is 5.92 Å². The van der Waals surface area contributed by atoms with Crippen LogP contribution in [-0.4, -0.2) is 19.7 Å². The fraction of sp³-hybridized carbons (Fsp3) is 1.00. The molecular formula is C6H12ClNO2S. The molecule has 1 aliphatic rings. The number of nitrogens with one attached hydrogen (secondary N) is 1. The molecule has 1 aliphatic carbocycles.